The number of anilines is 1. The lowest BCUT2D eigenvalue weighted by Crippen LogP contribution is -2.10. The SMILES string of the molecule is CCCc1nc(Br)cc(NC(C)c2ccc(C)c(F)c2)n1. The number of rotatable bonds is 5. The molecular weight excluding hydrogens is 333 g/mol. The van der Waals surface area contributed by atoms with Gasteiger partial charge in [0.15, 0.2) is 0 Å². The molecular formula is C16H19BrFN3. The van der Waals surface area contributed by atoms with Gasteiger partial charge in [-0.05, 0) is 53.4 Å². The molecule has 1 heterocycles. The van der Waals surface area contributed by atoms with Crippen molar-refractivity contribution in [3.63, 3.8) is 0 Å². The van der Waals surface area contributed by atoms with E-state index >= 15 is 0 Å². The van der Waals surface area contributed by atoms with Crippen molar-refractivity contribution in [2.45, 2.75) is 39.7 Å². The standard InChI is InChI=1S/C16H19BrFN3/c1-4-5-15-20-14(17)9-16(21-15)19-11(3)12-7-6-10(2)13(18)8-12/h6-9,11H,4-5H2,1-3H3,(H,19,20,21). The topological polar surface area (TPSA) is 37.8 Å². The van der Waals surface area contributed by atoms with Gasteiger partial charge in [0.25, 0.3) is 0 Å². The van der Waals surface area contributed by atoms with E-state index in [0.717, 1.165) is 34.7 Å². The molecule has 0 aliphatic heterocycles. The van der Waals surface area contributed by atoms with Crippen molar-refractivity contribution in [3.8, 4) is 0 Å². The Morgan fingerprint density at radius 2 is 2.05 bits per heavy atom. The van der Waals surface area contributed by atoms with Crippen LogP contribution in [0.5, 0.6) is 0 Å². The van der Waals surface area contributed by atoms with Crippen molar-refractivity contribution in [3.05, 3.63) is 51.6 Å². The summed E-state index contributed by atoms with van der Waals surface area (Å²) in [5.74, 6) is 1.36. The molecule has 0 aliphatic carbocycles. The molecule has 112 valence electrons. The molecule has 2 rings (SSSR count). The lowest BCUT2D eigenvalue weighted by Gasteiger charge is -2.16. The number of hydrogen-bond donors (Lipinski definition) is 1. The number of hydrogen-bond acceptors (Lipinski definition) is 3. The van der Waals surface area contributed by atoms with E-state index in [4.69, 9.17) is 0 Å². The van der Waals surface area contributed by atoms with Gasteiger partial charge in [-0.3, -0.25) is 0 Å². The molecule has 5 heteroatoms. The Morgan fingerprint density at radius 3 is 2.71 bits per heavy atom. The van der Waals surface area contributed by atoms with Crippen LogP contribution in [0.25, 0.3) is 0 Å². The second-order valence-corrected chi connectivity index (χ2v) is 5.93. The van der Waals surface area contributed by atoms with E-state index in [0.29, 0.717) is 5.56 Å². The van der Waals surface area contributed by atoms with Gasteiger partial charge in [0.1, 0.15) is 22.1 Å². The zero-order chi connectivity index (χ0) is 15.4. The lowest BCUT2D eigenvalue weighted by atomic mass is 10.1. The third-order valence-electron chi connectivity index (χ3n) is 3.28. The average Bonchev–Trinajstić information content (AvgIpc) is 2.41. The average molecular weight is 352 g/mol. The number of aromatic nitrogens is 2. The molecule has 1 aromatic carbocycles. The molecule has 0 bridgehead atoms. The van der Waals surface area contributed by atoms with E-state index in [1.165, 1.54) is 0 Å². The molecule has 0 saturated carbocycles. The van der Waals surface area contributed by atoms with E-state index in [1.54, 1.807) is 19.1 Å². The van der Waals surface area contributed by atoms with Crippen LogP contribution in [0.3, 0.4) is 0 Å². The smallest absolute Gasteiger partial charge is 0.132 e. The van der Waals surface area contributed by atoms with E-state index < -0.39 is 0 Å². The van der Waals surface area contributed by atoms with E-state index in [9.17, 15) is 4.39 Å². The fraction of sp³-hybridized carbons (Fsp3) is 0.375. The van der Waals surface area contributed by atoms with Gasteiger partial charge in [0, 0.05) is 12.5 Å². The van der Waals surface area contributed by atoms with Crippen LogP contribution < -0.4 is 5.32 Å². The third kappa shape index (κ3) is 4.24. The van der Waals surface area contributed by atoms with E-state index in [1.807, 2.05) is 19.1 Å². The van der Waals surface area contributed by atoms with Crippen LogP contribution in [0.1, 0.15) is 43.3 Å². The molecule has 1 unspecified atom stereocenters. The number of aryl methyl sites for hydroxylation is 2. The highest BCUT2D eigenvalue weighted by atomic mass is 79.9. The lowest BCUT2D eigenvalue weighted by molar-refractivity contribution is 0.614. The summed E-state index contributed by atoms with van der Waals surface area (Å²) < 4.78 is 14.4. The molecule has 2 aromatic rings. The van der Waals surface area contributed by atoms with Gasteiger partial charge in [0.2, 0.25) is 0 Å². The maximum Gasteiger partial charge on any atom is 0.132 e. The van der Waals surface area contributed by atoms with Crippen LogP contribution in [0.2, 0.25) is 0 Å². The van der Waals surface area contributed by atoms with Gasteiger partial charge in [0.05, 0.1) is 6.04 Å². The number of nitrogens with one attached hydrogen (secondary N) is 1. The van der Waals surface area contributed by atoms with Crippen LogP contribution in [0.4, 0.5) is 10.2 Å². The minimum atomic E-state index is -0.184. The summed E-state index contributed by atoms with van der Waals surface area (Å²) in [6.07, 6.45) is 1.83. The van der Waals surface area contributed by atoms with Crippen molar-refractivity contribution in [2.75, 3.05) is 5.32 Å². The van der Waals surface area contributed by atoms with Gasteiger partial charge in [-0.25, -0.2) is 14.4 Å². The van der Waals surface area contributed by atoms with Crippen molar-refractivity contribution < 1.29 is 4.39 Å². The molecule has 1 aromatic heterocycles. The van der Waals surface area contributed by atoms with Crippen LogP contribution in [-0.4, -0.2) is 9.97 Å². The molecule has 21 heavy (non-hydrogen) atoms. The van der Waals surface area contributed by atoms with E-state index in [-0.39, 0.29) is 11.9 Å². The Bertz CT molecular complexity index is 631. The maximum absolute atomic E-state index is 13.6. The predicted molar refractivity (Wildman–Crippen MR) is 86.9 cm³/mol. The molecule has 0 aliphatic rings. The summed E-state index contributed by atoms with van der Waals surface area (Å²) >= 11 is 3.40. The quantitative estimate of drug-likeness (QED) is 0.785. The van der Waals surface area contributed by atoms with Gasteiger partial charge in [-0.15, -0.1) is 0 Å². The maximum atomic E-state index is 13.6. The molecule has 0 radical (unpaired) electrons. The van der Waals surface area contributed by atoms with Crippen molar-refractivity contribution in [1.82, 2.24) is 9.97 Å². The van der Waals surface area contributed by atoms with Crippen LogP contribution in [-0.2, 0) is 6.42 Å². The summed E-state index contributed by atoms with van der Waals surface area (Å²) in [6.45, 7) is 5.84. The highest BCUT2D eigenvalue weighted by molar-refractivity contribution is 9.10. The zero-order valence-electron chi connectivity index (χ0n) is 12.5. The van der Waals surface area contributed by atoms with Crippen molar-refractivity contribution in [2.24, 2.45) is 0 Å². The summed E-state index contributed by atoms with van der Waals surface area (Å²) in [7, 11) is 0. The number of benzene rings is 1. The fourth-order valence-electron chi connectivity index (χ4n) is 2.06. The van der Waals surface area contributed by atoms with Gasteiger partial charge in [-0.2, -0.15) is 0 Å². The first-order chi connectivity index (χ1) is 9.99. The molecule has 3 nitrogen and oxygen atoms in total. The summed E-state index contributed by atoms with van der Waals surface area (Å²) in [4.78, 5) is 8.82. The number of nitrogens with zero attached hydrogens (tertiary/aromatic N) is 2. The molecule has 0 saturated heterocycles. The van der Waals surface area contributed by atoms with Crippen molar-refractivity contribution in [1.29, 1.82) is 0 Å². The Labute approximate surface area is 133 Å². The van der Waals surface area contributed by atoms with Crippen LogP contribution in [0.15, 0.2) is 28.9 Å². The Balaban J connectivity index is 2.18. The third-order valence-corrected chi connectivity index (χ3v) is 3.68. The largest absolute Gasteiger partial charge is 0.363 e. The first-order valence-electron chi connectivity index (χ1n) is 7.05. The molecule has 0 fully saturated rings. The summed E-state index contributed by atoms with van der Waals surface area (Å²) in [6, 6.07) is 7.09. The zero-order valence-corrected chi connectivity index (χ0v) is 14.0. The molecule has 0 amide bonds. The fourth-order valence-corrected chi connectivity index (χ4v) is 2.48. The Kier molecular flexibility index (Phi) is 5.28. The monoisotopic (exact) mass is 351 g/mol. The minimum absolute atomic E-state index is 0.0311. The first kappa shape index (κ1) is 15.9. The van der Waals surface area contributed by atoms with Gasteiger partial charge >= 0.3 is 0 Å². The normalized spacial score (nSPS) is 12.2. The highest BCUT2D eigenvalue weighted by Gasteiger charge is 2.10. The Morgan fingerprint density at radius 1 is 1.29 bits per heavy atom. The molecule has 1 N–H and O–H groups in total. The minimum Gasteiger partial charge on any atom is -0.363 e. The second kappa shape index (κ2) is 6.98. The Hall–Kier alpha value is -1.49. The number of halogens is 2. The summed E-state index contributed by atoms with van der Waals surface area (Å²) in [5.41, 5.74) is 1.55. The molecule has 0 spiro atoms. The van der Waals surface area contributed by atoms with Crippen LogP contribution >= 0.6 is 15.9 Å². The first-order valence-corrected chi connectivity index (χ1v) is 7.85. The van der Waals surface area contributed by atoms with Crippen molar-refractivity contribution >= 4 is 21.7 Å². The van der Waals surface area contributed by atoms with Gasteiger partial charge < -0.3 is 5.32 Å². The molecule has 1 atom stereocenters. The summed E-state index contributed by atoms with van der Waals surface area (Å²) in [5, 5.41) is 3.30. The van der Waals surface area contributed by atoms with Gasteiger partial charge in [-0.1, -0.05) is 19.1 Å². The highest BCUT2D eigenvalue weighted by Crippen LogP contribution is 2.22. The van der Waals surface area contributed by atoms with Crippen LogP contribution in [0, 0.1) is 12.7 Å². The second-order valence-electron chi connectivity index (χ2n) is 5.12. The van der Waals surface area contributed by atoms with E-state index in [2.05, 4.69) is 38.1 Å². The predicted octanol–water partition coefficient (Wildman–Crippen LogP) is 4.81.